The molecule has 0 amide bonds. The summed E-state index contributed by atoms with van der Waals surface area (Å²) in [6.45, 7) is 2.03. The van der Waals surface area contributed by atoms with E-state index in [4.69, 9.17) is 15.2 Å². The second-order valence-corrected chi connectivity index (χ2v) is 4.60. The summed E-state index contributed by atoms with van der Waals surface area (Å²) in [6.07, 6.45) is 0. The number of methoxy groups -OCH3 is 1. The summed E-state index contributed by atoms with van der Waals surface area (Å²) in [5.74, 6) is 1.17. The highest BCUT2D eigenvalue weighted by molar-refractivity contribution is 5.30. The van der Waals surface area contributed by atoms with Gasteiger partial charge in [0, 0.05) is 0 Å². The van der Waals surface area contributed by atoms with Gasteiger partial charge in [0.1, 0.15) is 23.9 Å². The molecule has 0 radical (unpaired) electrons. The third-order valence-electron chi connectivity index (χ3n) is 3.10. The highest BCUT2D eigenvalue weighted by Gasteiger charge is 2.08. The molecule has 4 heteroatoms. The van der Waals surface area contributed by atoms with Gasteiger partial charge in [0.15, 0.2) is 0 Å². The molecule has 20 heavy (non-hydrogen) atoms. The molecule has 106 valence electrons. The van der Waals surface area contributed by atoms with E-state index in [1.54, 1.807) is 26.2 Å². The highest BCUT2D eigenvalue weighted by atomic mass is 19.1. The molecule has 1 atom stereocenters. The van der Waals surface area contributed by atoms with Crippen molar-refractivity contribution < 1.29 is 13.9 Å². The monoisotopic (exact) mass is 275 g/mol. The molecule has 0 heterocycles. The molecule has 3 nitrogen and oxygen atoms in total. The zero-order valence-corrected chi connectivity index (χ0v) is 11.6. The van der Waals surface area contributed by atoms with E-state index in [-0.39, 0.29) is 11.9 Å². The number of aryl methyl sites for hydroxylation is 1. The lowest BCUT2D eigenvalue weighted by molar-refractivity contribution is 0.290. The Morgan fingerprint density at radius 1 is 1.10 bits per heavy atom. The smallest absolute Gasteiger partial charge is 0.126 e. The minimum atomic E-state index is -0.244. The van der Waals surface area contributed by atoms with E-state index in [9.17, 15) is 4.39 Å². The van der Waals surface area contributed by atoms with Gasteiger partial charge in [0.25, 0.3) is 0 Å². The van der Waals surface area contributed by atoms with Crippen LogP contribution >= 0.6 is 0 Å². The van der Waals surface area contributed by atoms with Gasteiger partial charge in [-0.15, -0.1) is 0 Å². The Bertz CT molecular complexity index is 569. The van der Waals surface area contributed by atoms with E-state index < -0.39 is 0 Å². The Morgan fingerprint density at radius 3 is 2.35 bits per heavy atom. The van der Waals surface area contributed by atoms with E-state index in [2.05, 4.69) is 0 Å². The average Bonchev–Trinajstić information content (AvgIpc) is 2.48. The lowest BCUT2D eigenvalue weighted by atomic mass is 10.1. The van der Waals surface area contributed by atoms with Crippen LogP contribution in [-0.2, 0) is 0 Å². The molecule has 0 fully saturated rings. The molecule has 2 N–H and O–H groups in total. The van der Waals surface area contributed by atoms with Gasteiger partial charge >= 0.3 is 0 Å². The molecule has 0 saturated carbocycles. The van der Waals surface area contributed by atoms with Crippen molar-refractivity contribution in [1.82, 2.24) is 0 Å². The van der Waals surface area contributed by atoms with Crippen LogP contribution in [0.3, 0.4) is 0 Å². The van der Waals surface area contributed by atoms with E-state index in [0.717, 1.165) is 11.3 Å². The zero-order valence-electron chi connectivity index (χ0n) is 11.6. The molecule has 0 aliphatic heterocycles. The number of nitrogens with two attached hydrogens (primary N) is 1. The summed E-state index contributed by atoms with van der Waals surface area (Å²) < 4.78 is 23.8. The molecule has 1 unspecified atom stereocenters. The summed E-state index contributed by atoms with van der Waals surface area (Å²) in [5, 5.41) is 0. The lowest BCUT2D eigenvalue weighted by Crippen LogP contribution is -2.19. The van der Waals surface area contributed by atoms with E-state index in [0.29, 0.717) is 17.9 Å². The molecule has 0 bridgehead atoms. The van der Waals surface area contributed by atoms with Crippen molar-refractivity contribution in [3.63, 3.8) is 0 Å². The van der Waals surface area contributed by atoms with Gasteiger partial charge < -0.3 is 15.2 Å². The first-order valence-electron chi connectivity index (χ1n) is 6.38. The van der Waals surface area contributed by atoms with Gasteiger partial charge in [-0.3, -0.25) is 0 Å². The molecular weight excluding hydrogens is 257 g/mol. The normalized spacial score (nSPS) is 12.0. The van der Waals surface area contributed by atoms with Gasteiger partial charge in [-0.05, 0) is 48.4 Å². The number of benzene rings is 2. The van der Waals surface area contributed by atoms with Crippen LogP contribution in [0.5, 0.6) is 11.5 Å². The zero-order chi connectivity index (χ0) is 14.5. The summed E-state index contributed by atoms with van der Waals surface area (Å²) in [4.78, 5) is 0. The van der Waals surface area contributed by atoms with Gasteiger partial charge in [0.05, 0.1) is 13.2 Å². The van der Waals surface area contributed by atoms with Gasteiger partial charge in [-0.1, -0.05) is 12.1 Å². The second-order valence-electron chi connectivity index (χ2n) is 4.60. The molecule has 0 aromatic heterocycles. The molecule has 2 aromatic rings. The predicted molar refractivity (Wildman–Crippen MR) is 76.6 cm³/mol. The van der Waals surface area contributed by atoms with Crippen LogP contribution in [0, 0.1) is 12.7 Å². The number of hydrogen-bond acceptors (Lipinski definition) is 3. The second kappa shape index (κ2) is 6.39. The number of ether oxygens (including phenoxy) is 2. The largest absolute Gasteiger partial charge is 0.497 e. The number of rotatable bonds is 5. The maximum Gasteiger partial charge on any atom is 0.126 e. The van der Waals surface area contributed by atoms with Gasteiger partial charge in [0.2, 0.25) is 0 Å². The summed E-state index contributed by atoms with van der Waals surface area (Å²) in [7, 11) is 1.62. The maximum atomic E-state index is 13.1. The summed E-state index contributed by atoms with van der Waals surface area (Å²) >= 11 is 0. The topological polar surface area (TPSA) is 44.5 Å². The SMILES string of the molecule is COc1ccc(C(N)COc2ccc(F)c(C)c2)cc1. The van der Waals surface area contributed by atoms with E-state index >= 15 is 0 Å². The number of halogens is 1. The van der Waals surface area contributed by atoms with Crippen LogP contribution in [0.1, 0.15) is 17.2 Å². The van der Waals surface area contributed by atoms with Crippen LogP contribution in [0.25, 0.3) is 0 Å². The fourth-order valence-corrected chi connectivity index (χ4v) is 1.84. The van der Waals surface area contributed by atoms with Gasteiger partial charge in [-0.25, -0.2) is 4.39 Å². The Hall–Kier alpha value is -2.07. The molecule has 0 aliphatic rings. The summed E-state index contributed by atoms with van der Waals surface area (Å²) in [5.41, 5.74) is 7.58. The standard InChI is InChI=1S/C16H18FNO2/c1-11-9-14(7-8-15(11)17)20-10-16(18)12-3-5-13(19-2)6-4-12/h3-9,16H,10,18H2,1-2H3. The van der Waals surface area contributed by atoms with Crippen LogP contribution in [0.15, 0.2) is 42.5 Å². The minimum Gasteiger partial charge on any atom is -0.497 e. The molecule has 2 rings (SSSR count). The molecule has 2 aromatic carbocycles. The molecule has 0 aliphatic carbocycles. The van der Waals surface area contributed by atoms with Crippen LogP contribution in [-0.4, -0.2) is 13.7 Å². The van der Waals surface area contributed by atoms with Crippen LogP contribution in [0.2, 0.25) is 0 Å². The third kappa shape index (κ3) is 3.48. The molecule has 0 spiro atoms. The van der Waals surface area contributed by atoms with Crippen molar-refractivity contribution >= 4 is 0 Å². The predicted octanol–water partition coefficient (Wildman–Crippen LogP) is 3.22. The van der Waals surface area contributed by atoms with Crippen molar-refractivity contribution in [2.75, 3.05) is 13.7 Å². The summed E-state index contributed by atoms with van der Waals surface area (Å²) in [6, 6.07) is 11.9. The van der Waals surface area contributed by atoms with E-state index in [1.165, 1.54) is 6.07 Å². The first kappa shape index (κ1) is 14.3. The Balaban J connectivity index is 1.96. The Morgan fingerprint density at radius 2 is 1.75 bits per heavy atom. The Labute approximate surface area is 118 Å². The lowest BCUT2D eigenvalue weighted by Gasteiger charge is -2.14. The van der Waals surface area contributed by atoms with Crippen molar-refractivity contribution in [2.24, 2.45) is 5.73 Å². The van der Waals surface area contributed by atoms with E-state index in [1.807, 2.05) is 24.3 Å². The first-order valence-corrected chi connectivity index (χ1v) is 6.38. The fraction of sp³-hybridized carbons (Fsp3) is 0.250. The maximum absolute atomic E-state index is 13.1. The van der Waals surface area contributed by atoms with Crippen molar-refractivity contribution in [1.29, 1.82) is 0 Å². The highest BCUT2D eigenvalue weighted by Crippen LogP contribution is 2.19. The number of hydrogen-bond donors (Lipinski definition) is 1. The van der Waals surface area contributed by atoms with Gasteiger partial charge in [-0.2, -0.15) is 0 Å². The van der Waals surface area contributed by atoms with Crippen LogP contribution in [0.4, 0.5) is 4.39 Å². The average molecular weight is 275 g/mol. The third-order valence-corrected chi connectivity index (χ3v) is 3.10. The molecular formula is C16H18FNO2. The quantitative estimate of drug-likeness (QED) is 0.911. The van der Waals surface area contributed by atoms with Crippen LogP contribution < -0.4 is 15.2 Å². The van der Waals surface area contributed by atoms with Crippen molar-refractivity contribution in [3.8, 4) is 11.5 Å². The molecule has 0 saturated heterocycles. The van der Waals surface area contributed by atoms with Crippen molar-refractivity contribution in [2.45, 2.75) is 13.0 Å². The minimum absolute atomic E-state index is 0.239. The van der Waals surface area contributed by atoms with Crippen molar-refractivity contribution in [3.05, 3.63) is 59.4 Å². The Kier molecular flexibility index (Phi) is 4.58. The first-order chi connectivity index (χ1) is 9.60. The fourth-order valence-electron chi connectivity index (χ4n) is 1.84.